The second-order valence-electron chi connectivity index (χ2n) is 3.76. The van der Waals surface area contributed by atoms with Crippen LogP contribution in [0.1, 0.15) is 11.3 Å². The Bertz CT molecular complexity index is 538. The van der Waals surface area contributed by atoms with E-state index in [1.54, 1.807) is 18.6 Å². The standard InChI is InChI=1S/C13H12N2O2/c1-9-4-6-15-11(7-12(16)17)13(9)10-3-2-5-14-8-10/h2-6,8H,7H2,1H3,(H,16,17). The van der Waals surface area contributed by atoms with Crippen molar-refractivity contribution in [2.24, 2.45) is 0 Å². The lowest BCUT2D eigenvalue weighted by Gasteiger charge is -2.09. The first-order valence-electron chi connectivity index (χ1n) is 5.25. The maximum Gasteiger partial charge on any atom is 0.309 e. The molecule has 17 heavy (non-hydrogen) atoms. The zero-order valence-corrected chi connectivity index (χ0v) is 9.42. The van der Waals surface area contributed by atoms with Crippen LogP contribution in [0.5, 0.6) is 0 Å². The molecule has 4 heteroatoms. The van der Waals surface area contributed by atoms with Crippen LogP contribution < -0.4 is 0 Å². The van der Waals surface area contributed by atoms with Crippen molar-refractivity contribution in [3.8, 4) is 11.1 Å². The Hall–Kier alpha value is -2.23. The van der Waals surface area contributed by atoms with Crippen LogP contribution in [0.4, 0.5) is 0 Å². The van der Waals surface area contributed by atoms with E-state index in [1.807, 2.05) is 25.1 Å². The van der Waals surface area contributed by atoms with Crippen molar-refractivity contribution in [1.82, 2.24) is 9.97 Å². The van der Waals surface area contributed by atoms with E-state index in [4.69, 9.17) is 5.11 Å². The molecule has 2 aromatic heterocycles. The molecule has 2 rings (SSSR count). The molecule has 0 aliphatic rings. The Morgan fingerprint density at radius 1 is 1.35 bits per heavy atom. The summed E-state index contributed by atoms with van der Waals surface area (Å²) in [6.45, 7) is 1.94. The van der Waals surface area contributed by atoms with Crippen LogP contribution in [0, 0.1) is 6.92 Å². The van der Waals surface area contributed by atoms with Crippen LogP contribution >= 0.6 is 0 Å². The van der Waals surface area contributed by atoms with Gasteiger partial charge in [-0.2, -0.15) is 0 Å². The maximum atomic E-state index is 10.8. The predicted molar refractivity (Wildman–Crippen MR) is 63.5 cm³/mol. The van der Waals surface area contributed by atoms with E-state index >= 15 is 0 Å². The molecule has 0 aliphatic carbocycles. The van der Waals surface area contributed by atoms with Crippen molar-refractivity contribution in [3.63, 3.8) is 0 Å². The topological polar surface area (TPSA) is 63.1 Å². The van der Waals surface area contributed by atoms with E-state index in [9.17, 15) is 4.79 Å². The number of hydrogen-bond acceptors (Lipinski definition) is 3. The highest BCUT2D eigenvalue weighted by atomic mass is 16.4. The lowest BCUT2D eigenvalue weighted by atomic mass is 9.99. The van der Waals surface area contributed by atoms with Crippen LogP contribution in [0.25, 0.3) is 11.1 Å². The van der Waals surface area contributed by atoms with Crippen LogP contribution in [-0.4, -0.2) is 21.0 Å². The van der Waals surface area contributed by atoms with Gasteiger partial charge in [0.15, 0.2) is 0 Å². The summed E-state index contributed by atoms with van der Waals surface area (Å²) in [7, 11) is 0. The smallest absolute Gasteiger partial charge is 0.309 e. The van der Waals surface area contributed by atoms with Crippen molar-refractivity contribution in [2.45, 2.75) is 13.3 Å². The van der Waals surface area contributed by atoms with Gasteiger partial charge in [-0.05, 0) is 24.6 Å². The lowest BCUT2D eigenvalue weighted by Crippen LogP contribution is -2.05. The lowest BCUT2D eigenvalue weighted by molar-refractivity contribution is -0.136. The number of pyridine rings is 2. The highest BCUT2D eigenvalue weighted by Crippen LogP contribution is 2.25. The van der Waals surface area contributed by atoms with Gasteiger partial charge in [-0.25, -0.2) is 0 Å². The van der Waals surface area contributed by atoms with E-state index in [-0.39, 0.29) is 6.42 Å². The largest absolute Gasteiger partial charge is 0.481 e. The molecule has 0 aromatic carbocycles. The van der Waals surface area contributed by atoms with E-state index in [2.05, 4.69) is 9.97 Å². The molecule has 0 unspecified atom stereocenters. The highest BCUT2D eigenvalue weighted by molar-refractivity contribution is 5.76. The summed E-state index contributed by atoms with van der Waals surface area (Å²) in [5.41, 5.74) is 3.34. The molecule has 4 nitrogen and oxygen atoms in total. The van der Waals surface area contributed by atoms with Crippen molar-refractivity contribution in [2.75, 3.05) is 0 Å². The molecule has 0 spiro atoms. The fraction of sp³-hybridized carbons (Fsp3) is 0.154. The van der Waals surface area contributed by atoms with Gasteiger partial charge in [0.2, 0.25) is 0 Å². The number of carboxylic acids is 1. The van der Waals surface area contributed by atoms with Crippen molar-refractivity contribution in [3.05, 3.63) is 48.0 Å². The third-order valence-corrected chi connectivity index (χ3v) is 2.51. The Morgan fingerprint density at radius 2 is 2.18 bits per heavy atom. The number of aromatic nitrogens is 2. The number of carboxylic acid groups (broad SMARTS) is 1. The maximum absolute atomic E-state index is 10.8. The SMILES string of the molecule is Cc1ccnc(CC(=O)O)c1-c1cccnc1. The van der Waals surface area contributed by atoms with Crippen LogP contribution in [-0.2, 0) is 11.2 Å². The van der Waals surface area contributed by atoms with Gasteiger partial charge in [-0.15, -0.1) is 0 Å². The summed E-state index contributed by atoms with van der Waals surface area (Å²) in [6.07, 6.45) is 4.96. The van der Waals surface area contributed by atoms with E-state index in [1.165, 1.54) is 0 Å². The molecule has 86 valence electrons. The Balaban J connectivity index is 2.55. The second-order valence-corrected chi connectivity index (χ2v) is 3.76. The van der Waals surface area contributed by atoms with Gasteiger partial charge < -0.3 is 5.11 Å². The molecule has 0 aliphatic heterocycles. The number of aliphatic carboxylic acids is 1. The average molecular weight is 228 g/mol. The third-order valence-electron chi connectivity index (χ3n) is 2.51. The van der Waals surface area contributed by atoms with E-state index in [0.717, 1.165) is 16.7 Å². The summed E-state index contributed by atoms with van der Waals surface area (Å²) >= 11 is 0. The number of rotatable bonds is 3. The molecule has 0 amide bonds. The van der Waals surface area contributed by atoms with Crippen molar-refractivity contribution < 1.29 is 9.90 Å². The Morgan fingerprint density at radius 3 is 2.82 bits per heavy atom. The summed E-state index contributed by atoms with van der Waals surface area (Å²) in [5.74, 6) is -0.881. The van der Waals surface area contributed by atoms with Gasteiger partial charge in [0.1, 0.15) is 0 Å². The first-order chi connectivity index (χ1) is 8.18. The van der Waals surface area contributed by atoms with E-state index < -0.39 is 5.97 Å². The van der Waals surface area contributed by atoms with Gasteiger partial charge in [0.25, 0.3) is 0 Å². The van der Waals surface area contributed by atoms with Crippen LogP contribution in [0.15, 0.2) is 36.8 Å². The predicted octanol–water partition coefficient (Wildman–Crippen LogP) is 2.08. The number of nitrogens with zero attached hydrogens (tertiary/aromatic N) is 2. The fourth-order valence-electron chi connectivity index (χ4n) is 1.80. The fourth-order valence-corrected chi connectivity index (χ4v) is 1.80. The van der Waals surface area contributed by atoms with Crippen LogP contribution in [0.3, 0.4) is 0 Å². The summed E-state index contributed by atoms with van der Waals surface area (Å²) in [4.78, 5) is 19.0. The summed E-state index contributed by atoms with van der Waals surface area (Å²) < 4.78 is 0. The number of hydrogen-bond donors (Lipinski definition) is 1. The van der Waals surface area contributed by atoms with Gasteiger partial charge in [0.05, 0.1) is 12.1 Å². The first-order valence-corrected chi connectivity index (χ1v) is 5.25. The summed E-state index contributed by atoms with van der Waals surface area (Å²) in [5, 5.41) is 8.87. The molecule has 0 bridgehead atoms. The Kier molecular flexibility index (Phi) is 3.14. The molecule has 0 fully saturated rings. The minimum atomic E-state index is -0.881. The molecule has 0 atom stereocenters. The third kappa shape index (κ3) is 2.47. The first kappa shape index (κ1) is 11.3. The van der Waals surface area contributed by atoms with Crippen molar-refractivity contribution >= 4 is 5.97 Å². The van der Waals surface area contributed by atoms with Gasteiger partial charge in [0, 0.05) is 29.7 Å². The zero-order valence-electron chi connectivity index (χ0n) is 9.42. The molecule has 1 N–H and O–H groups in total. The molecular weight excluding hydrogens is 216 g/mol. The second kappa shape index (κ2) is 4.74. The number of aryl methyl sites for hydroxylation is 1. The monoisotopic (exact) mass is 228 g/mol. The molecule has 2 aromatic rings. The van der Waals surface area contributed by atoms with Crippen LogP contribution in [0.2, 0.25) is 0 Å². The zero-order chi connectivity index (χ0) is 12.3. The van der Waals surface area contributed by atoms with Gasteiger partial charge >= 0.3 is 5.97 Å². The van der Waals surface area contributed by atoms with Crippen molar-refractivity contribution in [1.29, 1.82) is 0 Å². The van der Waals surface area contributed by atoms with E-state index in [0.29, 0.717) is 5.69 Å². The molecule has 0 radical (unpaired) electrons. The van der Waals surface area contributed by atoms with Gasteiger partial charge in [-0.1, -0.05) is 6.07 Å². The average Bonchev–Trinajstić information content (AvgIpc) is 2.29. The molecule has 2 heterocycles. The Labute approximate surface area is 99.0 Å². The number of carbonyl (C=O) groups is 1. The molecular formula is C13H12N2O2. The quantitative estimate of drug-likeness (QED) is 0.873. The summed E-state index contributed by atoms with van der Waals surface area (Å²) in [6, 6.07) is 5.60. The van der Waals surface area contributed by atoms with Gasteiger partial charge in [-0.3, -0.25) is 14.8 Å². The minimum absolute atomic E-state index is 0.0775. The minimum Gasteiger partial charge on any atom is -0.481 e. The highest BCUT2D eigenvalue weighted by Gasteiger charge is 2.12. The normalized spacial score (nSPS) is 10.2. The molecule has 0 saturated heterocycles. The molecule has 0 saturated carbocycles.